The fraction of sp³-hybridized carbons (Fsp3) is 0.143. The number of aromatic nitrogens is 1. The van der Waals surface area contributed by atoms with Crippen LogP contribution in [-0.4, -0.2) is 22.9 Å². The molecule has 0 bridgehead atoms. The summed E-state index contributed by atoms with van der Waals surface area (Å²) < 4.78 is 20.1. The van der Waals surface area contributed by atoms with E-state index >= 15 is 0 Å². The molecule has 3 rings (SSSR count). The van der Waals surface area contributed by atoms with Crippen LogP contribution in [0.15, 0.2) is 71.3 Å². The topological polar surface area (TPSA) is 42.4 Å². The van der Waals surface area contributed by atoms with Gasteiger partial charge in [-0.2, -0.15) is 0 Å². The minimum absolute atomic E-state index is 0.139. The first-order valence-electron chi connectivity index (χ1n) is 8.34. The molecule has 3 aromatic rings. The SMILES string of the molecule is COc1ccc(C(=O)N(Cc2ccccn2)Cc2ccc(Br)cc2F)cc1. The van der Waals surface area contributed by atoms with Gasteiger partial charge in [-0.15, -0.1) is 0 Å². The molecule has 0 N–H and O–H groups in total. The predicted octanol–water partition coefficient (Wildman–Crippen LogP) is 4.83. The number of amides is 1. The molecule has 2 aromatic carbocycles. The smallest absolute Gasteiger partial charge is 0.254 e. The Kier molecular flexibility index (Phi) is 6.19. The molecule has 6 heteroatoms. The summed E-state index contributed by atoms with van der Waals surface area (Å²) in [5.41, 5.74) is 1.68. The minimum Gasteiger partial charge on any atom is -0.497 e. The third-order valence-corrected chi connectivity index (χ3v) is 4.57. The first-order valence-corrected chi connectivity index (χ1v) is 9.13. The van der Waals surface area contributed by atoms with Crippen molar-refractivity contribution in [1.29, 1.82) is 0 Å². The van der Waals surface area contributed by atoms with E-state index in [0.29, 0.717) is 21.3 Å². The van der Waals surface area contributed by atoms with E-state index in [-0.39, 0.29) is 24.8 Å². The van der Waals surface area contributed by atoms with E-state index in [2.05, 4.69) is 20.9 Å². The summed E-state index contributed by atoms with van der Waals surface area (Å²) >= 11 is 3.25. The minimum atomic E-state index is -0.363. The van der Waals surface area contributed by atoms with Crippen molar-refractivity contribution in [2.24, 2.45) is 0 Å². The van der Waals surface area contributed by atoms with Crippen LogP contribution in [-0.2, 0) is 13.1 Å². The van der Waals surface area contributed by atoms with Crippen LogP contribution >= 0.6 is 15.9 Å². The van der Waals surface area contributed by atoms with Gasteiger partial charge in [0.05, 0.1) is 19.3 Å². The number of hydrogen-bond donors (Lipinski definition) is 0. The fourth-order valence-corrected chi connectivity index (χ4v) is 2.99. The molecule has 0 saturated carbocycles. The van der Waals surface area contributed by atoms with Gasteiger partial charge < -0.3 is 9.64 Å². The quantitative estimate of drug-likeness (QED) is 0.564. The molecule has 138 valence electrons. The Morgan fingerprint density at radius 2 is 1.89 bits per heavy atom. The number of benzene rings is 2. The normalized spacial score (nSPS) is 10.5. The van der Waals surface area contributed by atoms with E-state index in [4.69, 9.17) is 4.74 Å². The molecular formula is C21H18BrFN2O2. The molecule has 0 fully saturated rings. The monoisotopic (exact) mass is 428 g/mol. The molecule has 0 radical (unpaired) electrons. The van der Waals surface area contributed by atoms with Gasteiger partial charge >= 0.3 is 0 Å². The van der Waals surface area contributed by atoms with E-state index in [1.54, 1.807) is 54.6 Å². The lowest BCUT2D eigenvalue weighted by molar-refractivity contribution is 0.0726. The molecule has 1 aromatic heterocycles. The second-order valence-corrected chi connectivity index (χ2v) is 6.86. The second-order valence-electron chi connectivity index (χ2n) is 5.95. The van der Waals surface area contributed by atoms with Crippen molar-refractivity contribution in [3.63, 3.8) is 0 Å². The third-order valence-electron chi connectivity index (χ3n) is 4.08. The van der Waals surface area contributed by atoms with Gasteiger partial charge in [0.1, 0.15) is 11.6 Å². The van der Waals surface area contributed by atoms with Crippen molar-refractivity contribution < 1.29 is 13.9 Å². The summed E-state index contributed by atoms with van der Waals surface area (Å²) in [6.45, 7) is 0.418. The van der Waals surface area contributed by atoms with E-state index in [9.17, 15) is 9.18 Å². The number of pyridine rings is 1. The van der Waals surface area contributed by atoms with Gasteiger partial charge in [-0.25, -0.2) is 4.39 Å². The van der Waals surface area contributed by atoms with E-state index in [1.165, 1.54) is 6.07 Å². The van der Waals surface area contributed by atoms with Gasteiger partial charge in [-0.05, 0) is 48.5 Å². The molecule has 0 unspecified atom stereocenters. The molecule has 27 heavy (non-hydrogen) atoms. The standard InChI is InChI=1S/C21H18BrFN2O2/c1-27-19-9-6-15(7-10-19)21(26)25(14-18-4-2-3-11-24-18)13-16-5-8-17(22)12-20(16)23/h2-12H,13-14H2,1H3. The van der Waals surface area contributed by atoms with Crippen LogP contribution in [0, 0.1) is 5.82 Å². The molecule has 0 spiro atoms. The van der Waals surface area contributed by atoms with E-state index in [0.717, 1.165) is 5.69 Å². The molecular weight excluding hydrogens is 411 g/mol. The van der Waals surface area contributed by atoms with Crippen molar-refractivity contribution in [3.05, 3.63) is 94.0 Å². The lowest BCUT2D eigenvalue weighted by Crippen LogP contribution is -2.30. The third kappa shape index (κ3) is 4.92. The number of ether oxygens (including phenoxy) is 1. The fourth-order valence-electron chi connectivity index (χ4n) is 2.66. The van der Waals surface area contributed by atoms with Crippen LogP contribution in [0.5, 0.6) is 5.75 Å². The van der Waals surface area contributed by atoms with Crippen molar-refractivity contribution in [2.75, 3.05) is 7.11 Å². The highest BCUT2D eigenvalue weighted by Crippen LogP contribution is 2.20. The molecule has 4 nitrogen and oxygen atoms in total. The van der Waals surface area contributed by atoms with Crippen LogP contribution in [0.3, 0.4) is 0 Å². The Morgan fingerprint density at radius 1 is 1.11 bits per heavy atom. The van der Waals surface area contributed by atoms with Gasteiger partial charge in [0.25, 0.3) is 5.91 Å². The Morgan fingerprint density at radius 3 is 2.52 bits per heavy atom. The maximum atomic E-state index is 14.3. The summed E-state index contributed by atoms with van der Waals surface area (Å²) in [7, 11) is 1.57. The van der Waals surface area contributed by atoms with Crippen LogP contribution in [0.4, 0.5) is 4.39 Å². The summed E-state index contributed by atoms with van der Waals surface area (Å²) in [5.74, 6) is 0.102. The molecule has 0 aliphatic heterocycles. The van der Waals surface area contributed by atoms with Crippen LogP contribution in [0.2, 0.25) is 0 Å². The largest absolute Gasteiger partial charge is 0.497 e. The zero-order chi connectivity index (χ0) is 19.2. The average Bonchev–Trinajstić information content (AvgIpc) is 2.69. The summed E-state index contributed by atoms with van der Waals surface area (Å²) in [6, 6.07) is 17.2. The first-order chi connectivity index (χ1) is 13.1. The van der Waals surface area contributed by atoms with Crippen LogP contribution in [0.1, 0.15) is 21.6 Å². The predicted molar refractivity (Wildman–Crippen MR) is 105 cm³/mol. The highest BCUT2D eigenvalue weighted by Gasteiger charge is 2.19. The Balaban J connectivity index is 1.89. The zero-order valence-corrected chi connectivity index (χ0v) is 16.3. The van der Waals surface area contributed by atoms with Crippen molar-refractivity contribution >= 4 is 21.8 Å². The number of methoxy groups -OCH3 is 1. The van der Waals surface area contributed by atoms with Gasteiger partial charge in [0, 0.05) is 28.3 Å². The van der Waals surface area contributed by atoms with Gasteiger partial charge in [-0.3, -0.25) is 9.78 Å². The molecule has 1 heterocycles. The average molecular weight is 429 g/mol. The number of nitrogens with zero attached hydrogens (tertiary/aromatic N) is 2. The number of hydrogen-bond acceptors (Lipinski definition) is 3. The lowest BCUT2D eigenvalue weighted by atomic mass is 10.1. The van der Waals surface area contributed by atoms with Crippen molar-refractivity contribution in [3.8, 4) is 5.75 Å². The summed E-state index contributed by atoms with van der Waals surface area (Å²) in [4.78, 5) is 18.9. The van der Waals surface area contributed by atoms with Crippen LogP contribution in [0.25, 0.3) is 0 Å². The highest BCUT2D eigenvalue weighted by molar-refractivity contribution is 9.10. The van der Waals surface area contributed by atoms with Crippen molar-refractivity contribution in [2.45, 2.75) is 13.1 Å². The summed E-state index contributed by atoms with van der Waals surface area (Å²) in [6.07, 6.45) is 1.67. The van der Waals surface area contributed by atoms with Gasteiger partial charge in [0.15, 0.2) is 0 Å². The molecule has 1 amide bonds. The van der Waals surface area contributed by atoms with Crippen LogP contribution < -0.4 is 4.74 Å². The number of halogens is 2. The number of carbonyl (C=O) groups is 1. The Labute approximate surface area is 165 Å². The highest BCUT2D eigenvalue weighted by atomic mass is 79.9. The Bertz CT molecular complexity index is 917. The maximum Gasteiger partial charge on any atom is 0.254 e. The van der Waals surface area contributed by atoms with E-state index in [1.807, 2.05) is 18.2 Å². The zero-order valence-electron chi connectivity index (χ0n) is 14.7. The van der Waals surface area contributed by atoms with E-state index < -0.39 is 0 Å². The second kappa shape index (κ2) is 8.77. The maximum absolute atomic E-state index is 14.3. The first kappa shape index (κ1) is 19.0. The molecule has 0 atom stereocenters. The molecule has 0 saturated heterocycles. The Hall–Kier alpha value is -2.73. The summed E-state index contributed by atoms with van der Waals surface area (Å²) in [5, 5.41) is 0. The van der Waals surface area contributed by atoms with Gasteiger partial charge in [0.2, 0.25) is 0 Å². The number of carbonyl (C=O) groups excluding carboxylic acids is 1. The molecule has 0 aliphatic rings. The lowest BCUT2D eigenvalue weighted by Gasteiger charge is -2.23. The number of rotatable bonds is 6. The molecule has 0 aliphatic carbocycles. The van der Waals surface area contributed by atoms with Crippen molar-refractivity contribution in [1.82, 2.24) is 9.88 Å². The van der Waals surface area contributed by atoms with Gasteiger partial charge in [-0.1, -0.05) is 28.1 Å².